The first-order chi connectivity index (χ1) is 11.7. The zero-order chi connectivity index (χ0) is 19.0. The molecule has 0 heterocycles. The van der Waals surface area contributed by atoms with E-state index in [1.165, 1.54) is 6.07 Å². The number of hydrogen-bond acceptors (Lipinski definition) is 4. The highest BCUT2D eigenvalue weighted by Gasteiger charge is 2.31. The number of nitrogens with zero attached hydrogens (tertiary/aromatic N) is 1. The van der Waals surface area contributed by atoms with Crippen molar-refractivity contribution in [2.24, 2.45) is 0 Å². The number of sulfonamides is 1. The standard InChI is InChI=1S/C17H27ClN2O4S/c1-5-16(17(21)19-10-7-11-24-13(2)3)20(25(4,22)23)15-9-6-8-14(18)12-15/h6,8-9,12-13,16H,5,7,10-11H2,1-4H3,(H,19,21). The molecule has 1 aromatic rings. The van der Waals surface area contributed by atoms with Crippen LogP contribution in [0.2, 0.25) is 5.02 Å². The quantitative estimate of drug-likeness (QED) is 0.623. The van der Waals surface area contributed by atoms with Gasteiger partial charge in [0.2, 0.25) is 15.9 Å². The summed E-state index contributed by atoms with van der Waals surface area (Å²) in [5, 5.41) is 3.20. The Hall–Kier alpha value is -1.31. The van der Waals surface area contributed by atoms with Crippen LogP contribution in [0.3, 0.4) is 0 Å². The molecule has 0 aliphatic heterocycles. The molecule has 1 rings (SSSR count). The van der Waals surface area contributed by atoms with Gasteiger partial charge in [-0.15, -0.1) is 0 Å². The summed E-state index contributed by atoms with van der Waals surface area (Å²) in [6.07, 6.45) is 2.23. The number of halogens is 1. The van der Waals surface area contributed by atoms with E-state index in [4.69, 9.17) is 16.3 Å². The fraction of sp³-hybridized carbons (Fsp3) is 0.588. The summed E-state index contributed by atoms with van der Waals surface area (Å²) in [5.74, 6) is -0.336. The lowest BCUT2D eigenvalue weighted by Crippen LogP contribution is -2.49. The Bertz CT molecular complexity index is 664. The number of carbonyl (C=O) groups is 1. The molecule has 0 aliphatic rings. The van der Waals surface area contributed by atoms with Gasteiger partial charge in [0.05, 0.1) is 18.0 Å². The summed E-state index contributed by atoms with van der Waals surface area (Å²) in [7, 11) is -3.65. The molecule has 1 amide bonds. The second kappa shape index (κ2) is 9.99. The van der Waals surface area contributed by atoms with Crippen molar-refractivity contribution in [3.63, 3.8) is 0 Å². The van der Waals surface area contributed by atoms with E-state index in [0.717, 1.165) is 10.6 Å². The van der Waals surface area contributed by atoms with E-state index >= 15 is 0 Å². The topological polar surface area (TPSA) is 75.7 Å². The van der Waals surface area contributed by atoms with Crippen molar-refractivity contribution in [2.75, 3.05) is 23.7 Å². The summed E-state index contributed by atoms with van der Waals surface area (Å²) < 4.78 is 31.1. The Morgan fingerprint density at radius 1 is 1.36 bits per heavy atom. The number of anilines is 1. The van der Waals surface area contributed by atoms with Gasteiger partial charge in [-0.1, -0.05) is 24.6 Å². The van der Waals surface area contributed by atoms with Gasteiger partial charge in [-0.2, -0.15) is 0 Å². The summed E-state index contributed by atoms with van der Waals surface area (Å²) >= 11 is 5.97. The molecule has 0 radical (unpaired) electrons. The molecule has 1 atom stereocenters. The Kier molecular flexibility index (Phi) is 8.68. The molecule has 8 heteroatoms. The minimum absolute atomic E-state index is 0.141. The van der Waals surface area contributed by atoms with Gasteiger partial charge in [-0.3, -0.25) is 9.10 Å². The van der Waals surface area contributed by atoms with Crippen LogP contribution in [0.25, 0.3) is 0 Å². The number of hydrogen-bond donors (Lipinski definition) is 1. The maximum Gasteiger partial charge on any atom is 0.243 e. The van der Waals surface area contributed by atoms with Crippen LogP contribution in [0.4, 0.5) is 5.69 Å². The van der Waals surface area contributed by atoms with Gasteiger partial charge >= 0.3 is 0 Å². The molecule has 0 saturated carbocycles. The molecule has 0 fully saturated rings. The first-order valence-corrected chi connectivity index (χ1v) is 10.5. The number of nitrogens with one attached hydrogen (secondary N) is 1. The lowest BCUT2D eigenvalue weighted by molar-refractivity contribution is -0.122. The van der Waals surface area contributed by atoms with E-state index in [9.17, 15) is 13.2 Å². The number of ether oxygens (including phenoxy) is 1. The van der Waals surface area contributed by atoms with Gasteiger partial charge < -0.3 is 10.1 Å². The molecule has 1 unspecified atom stereocenters. The van der Waals surface area contributed by atoms with E-state index in [1.807, 2.05) is 13.8 Å². The molecule has 142 valence electrons. The minimum atomic E-state index is -3.65. The predicted molar refractivity (Wildman–Crippen MR) is 102 cm³/mol. The fourth-order valence-corrected chi connectivity index (χ4v) is 3.78. The summed E-state index contributed by atoms with van der Waals surface area (Å²) in [6.45, 7) is 6.63. The molecule has 0 aromatic heterocycles. The third-order valence-corrected chi connectivity index (χ3v) is 4.88. The van der Waals surface area contributed by atoms with Crippen molar-refractivity contribution in [2.45, 2.75) is 45.8 Å². The summed E-state index contributed by atoms with van der Waals surface area (Å²) in [5.41, 5.74) is 0.375. The molecule has 0 aliphatic carbocycles. The molecular weight excluding hydrogens is 364 g/mol. The minimum Gasteiger partial charge on any atom is -0.379 e. The lowest BCUT2D eigenvalue weighted by Gasteiger charge is -2.30. The van der Waals surface area contributed by atoms with Crippen LogP contribution >= 0.6 is 11.6 Å². The van der Waals surface area contributed by atoms with Gasteiger partial charge in [0.1, 0.15) is 6.04 Å². The second-order valence-electron chi connectivity index (χ2n) is 6.03. The average Bonchev–Trinajstić information content (AvgIpc) is 2.50. The SMILES string of the molecule is CCC(C(=O)NCCCOC(C)C)N(c1cccc(Cl)c1)S(C)(=O)=O. The summed E-state index contributed by atoms with van der Waals surface area (Å²) in [6, 6.07) is 5.64. The highest BCUT2D eigenvalue weighted by molar-refractivity contribution is 7.92. The molecule has 0 saturated heterocycles. The van der Waals surface area contributed by atoms with Gasteiger partial charge in [0, 0.05) is 18.2 Å². The second-order valence-corrected chi connectivity index (χ2v) is 8.32. The van der Waals surface area contributed by atoms with Crippen molar-refractivity contribution in [1.29, 1.82) is 0 Å². The van der Waals surface area contributed by atoms with Crippen molar-refractivity contribution < 1.29 is 17.9 Å². The van der Waals surface area contributed by atoms with Crippen molar-refractivity contribution >= 4 is 33.2 Å². The van der Waals surface area contributed by atoms with Crippen LogP contribution in [0, 0.1) is 0 Å². The highest BCUT2D eigenvalue weighted by atomic mass is 35.5. The maximum absolute atomic E-state index is 12.5. The lowest BCUT2D eigenvalue weighted by atomic mass is 10.2. The zero-order valence-electron chi connectivity index (χ0n) is 15.2. The first kappa shape index (κ1) is 21.7. The highest BCUT2D eigenvalue weighted by Crippen LogP contribution is 2.25. The van der Waals surface area contributed by atoms with Gasteiger partial charge in [-0.25, -0.2) is 8.42 Å². The predicted octanol–water partition coefficient (Wildman–Crippen LogP) is 2.82. The number of benzene rings is 1. The fourth-order valence-electron chi connectivity index (χ4n) is 2.39. The van der Waals surface area contributed by atoms with E-state index in [-0.39, 0.29) is 12.0 Å². The van der Waals surface area contributed by atoms with Crippen molar-refractivity contribution in [3.8, 4) is 0 Å². The van der Waals surface area contributed by atoms with Crippen LogP contribution in [0.5, 0.6) is 0 Å². The van der Waals surface area contributed by atoms with Crippen molar-refractivity contribution in [3.05, 3.63) is 29.3 Å². The van der Waals surface area contributed by atoms with Crippen LogP contribution < -0.4 is 9.62 Å². The van der Waals surface area contributed by atoms with Crippen LogP contribution in [0.1, 0.15) is 33.6 Å². The smallest absolute Gasteiger partial charge is 0.243 e. The van der Waals surface area contributed by atoms with Gasteiger partial charge in [0.15, 0.2) is 0 Å². The van der Waals surface area contributed by atoms with E-state index in [1.54, 1.807) is 25.1 Å². The molecule has 1 aromatic carbocycles. The third-order valence-electron chi connectivity index (χ3n) is 3.46. The first-order valence-electron chi connectivity index (χ1n) is 8.31. The van der Waals surface area contributed by atoms with Crippen molar-refractivity contribution in [1.82, 2.24) is 5.32 Å². The van der Waals surface area contributed by atoms with E-state index in [2.05, 4.69) is 5.32 Å². The normalized spacial score (nSPS) is 12.9. The van der Waals surface area contributed by atoms with Gasteiger partial charge in [0.25, 0.3) is 0 Å². The molecular formula is C17H27ClN2O4S. The maximum atomic E-state index is 12.5. The Morgan fingerprint density at radius 3 is 2.56 bits per heavy atom. The van der Waals surface area contributed by atoms with E-state index < -0.39 is 16.1 Å². The third kappa shape index (κ3) is 7.22. The number of carbonyl (C=O) groups excluding carboxylic acids is 1. The number of amides is 1. The Morgan fingerprint density at radius 2 is 2.04 bits per heavy atom. The average molecular weight is 391 g/mol. The van der Waals surface area contributed by atoms with E-state index in [0.29, 0.717) is 36.7 Å². The summed E-state index contributed by atoms with van der Waals surface area (Å²) in [4.78, 5) is 12.5. The monoisotopic (exact) mass is 390 g/mol. The molecule has 1 N–H and O–H groups in total. The molecule has 25 heavy (non-hydrogen) atoms. The zero-order valence-corrected chi connectivity index (χ0v) is 16.7. The molecule has 0 bridgehead atoms. The van der Waals surface area contributed by atoms with Crippen LogP contribution in [0.15, 0.2) is 24.3 Å². The van der Waals surface area contributed by atoms with Gasteiger partial charge in [-0.05, 0) is 44.9 Å². The van der Waals surface area contributed by atoms with Crippen LogP contribution in [-0.4, -0.2) is 45.9 Å². The van der Waals surface area contributed by atoms with Crippen LogP contribution in [-0.2, 0) is 19.6 Å². The Labute approximate surface area is 155 Å². The Balaban J connectivity index is 2.86. The number of rotatable bonds is 10. The molecule has 6 nitrogen and oxygen atoms in total. The largest absolute Gasteiger partial charge is 0.379 e. The molecule has 0 spiro atoms.